The second-order valence-electron chi connectivity index (χ2n) is 6.77. The molecule has 0 spiro atoms. The zero-order valence-corrected chi connectivity index (χ0v) is 15.7. The first-order valence-corrected chi connectivity index (χ1v) is 9.23. The van der Waals surface area contributed by atoms with Crippen molar-refractivity contribution in [1.82, 2.24) is 25.1 Å². The molecule has 1 aromatic carbocycles. The predicted molar refractivity (Wildman–Crippen MR) is 100 cm³/mol. The number of hydrogen-bond acceptors (Lipinski definition) is 5. The van der Waals surface area contributed by atoms with Crippen LogP contribution in [0.1, 0.15) is 29.0 Å². The van der Waals surface area contributed by atoms with Gasteiger partial charge in [-0.2, -0.15) is 0 Å². The number of pyridine rings is 1. The second-order valence-corrected chi connectivity index (χ2v) is 6.77. The van der Waals surface area contributed by atoms with Crippen LogP contribution < -0.4 is 10.1 Å². The fraction of sp³-hybridized carbons (Fsp3) is 0.300. The molecule has 29 heavy (non-hydrogen) atoms. The van der Waals surface area contributed by atoms with Crippen LogP contribution in [-0.2, 0) is 13.0 Å². The Morgan fingerprint density at radius 3 is 2.72 bits per heavy atom. The standard InChI is InChI=1S/C20H19F2N5O2/c1-29-18-15(21)4-3-14(17(18)22)20(28)24-13-2-5-16-25-26-19(27(16)11-8-13)12-6-9-23-10-7-12/h3-4,6-7,9-10,13H,2,5,8,11H2,1H3,(H,24,28). The molecule has 0 saturated heterocycles. The number of aromatic nitrogens is 4. The summed E-state index contributed by atoms with van der Waals surface area (Å²) in [6.07, 6.45) is 5.29. The highest BCUT2D eigenvalue weighted by Crippen LogP contribution is 2.25. The number of hydrogen-bond donors (Lipinski definition) is 1. The lowest BCUT2D eigenvalue weighted by molar-refractivity contribution is 0.0928. The van der Waals surface area contributed by atoms with Gasteiger partial charge in [-0.15, -0.1) is 10.2 Å². The molecule has 0 bridgehead atoms. The number of aryl methyl sites for hydroxylation is 1. The Morgan fingerprint density at radius 1 is 1.17 bits per heavy atom. The van der Waals surface area contributed by atoms with Crippen molar-refractivity contribution in [2.24, 2.45) is 0 Å². The van der Waals surface area contributed by atoms with Crippen LogP contribution >= 0.6 is 0 Å². The normalized spacial score (nSPS) is 16.0. The fourth-order valence-electron chi connectivity index (χ4n) is 3.50. The van der Waals surface area contributed by atoms with E-state index in [9.17, 15) is 13.6 Å². The molecular formula is C20H19F2N5O2. The number of nitrogens with zero attached hydrogens (tertiary/aromatic N) is 4. The largest absolute Gasteiger partial charge is 0.491 e. The van der Waals surface area contributed by atoms with Crippen molar-refractivity contribution in [3.8, 4) is 17.1 Å². The molecule has 1 aliphatic rings. The molecule has 0 radical (unpaired) electrons. The number of methoxy groups -OCH3 is 1. The fourth-order valence-corrected chi connectivity index (χ4v) is 3.50. The minimum absolute atomic E-state index is 0.176. The van der Waals surface area contributed by atoms with Crippen molar-refractivity contribution in [1.29, 1.82) is 0 Å². The maximum atomic E-state index is 14.4. The molecule has 3 aromatic rings. The first-order chi connectivity index (χ1) is 14.1. The van der Waals surface area contributed by atoms with Gasteiger partial charge in [-0.05, 0) is 37.1 Å². The number of amides is 1. The Kier molecular flexibility index (Phi) is 5.20. The molecule has 4 rings (SSSR count). The van der Waals surface area contributed by atoms with E-state index in [1.54, 1.807) is 12.4 Å². The smallest absolute Gasteiger partial charge is 0.254 e. The number of carbonyl (C=O) groups is 1. The van der Waals surface area contributed by atoms with Crippen LogP contribution in [0.15, 0.2) is 36.7 Å². The first kappa shape index (κ1) is 19.0. The van der Waals surface area contributed by atoms with E-state index in [0.29, 0.717) is 25.8 Å². The average Bonchev–Trinajstić information content (AvgIpc) is 3.03. The zero-order valence-electron chi connectivity index (χ0n) is 15.7. The Morgan fingerprint density at radius 2 is 1.97 bits per heavy atom. The third kappa shape index (κ3) is 3.67. The van der Waals surface area contributed by atoms with Crippen molar-refractivity contribution >= 4 is 5.91 Å². The lowest BCUT2D eigenvalue weighted by atomic mass is 10.1. The third-order valence-corrected chi connectivity index (χ3v) is 5.02. The number of fused-ring (bicyclic) bond motifs is 1. The monoisotopic (exact) mass is 399 g/mol. The van der Waals surface area contributed by atoms with Crippen LogP contribution in [0.5, 0.6) is 5.75 Å². The number of carbonyl (C=O) groups excluding carboxylic acids is 1. The summed E-state index contributed by atoms with van der Waals surface area (Å²) in [5.41, 5.74) is 0.672. The van der Waals surface area contributed by atoms with Gasteiger partial charge in [0.1, 0.15) is 5.82 Å². The molecule has 9 heteroatoms. The molecule has 7 nitrogen and oxygen atoms in total. The predicted octanol–water partition coefficient (Wildman–Crippen LogP) is 2.76. The topological polar surface area (TPSA) is 81.9 Å². The van der Waals surface area contributed by atoms with E-state index in [1.165, 1.54) is 0 Å². The van der Waals surface area contributed by atoms with Crippen molar-refractivity contribution in [3.63, 3.8) is 0 Å². The summed E-state index contributed by atoms with van der Waals surface area (Å²) in [7, 11) is 1.16. The maximum Gasteiger partial charge on any atom is 0.254 e. The quantitative estimate of drug-likeness (QED) is 0.730. The summed E-state index contributed by atoms with van der Waals surface area (Å²) in [4.78, 5) is 16.6. The summed E-state index contributed by atoms with van der Waals surface area (Å²) in [5.74, 6) is -1.43. The van der Waals surface area contributed by atoms with Gasteiger partial charge in [-0.3, -0.25) is 9.78 Å². The van der Waals surface area contributed by atoms with Crippen molar-refractivity contribution < 1.29 is 18.3 Å². The molecule has 3 heterocycles. The van der Waals surface area contributed by atoms with E-state index in [2.05, 4.69) is 20.5 Å². The molecule has 1 aliphatic heterocycles. The number of rotatable bonds is 4. The summed E-state index contributed by atoms with van der Waals surface area (Å²) in [5, 5.41) is 11.4. The number of benzene rings is 1. The van der Waals surface area contributed by atoms with Gasteiger partial charge in [-0.1, -0.05) is 0 Å². The van der Waals surface area contributed by atoms with Gasteiger partial charge in [0.05, 0.1) is 12.7 Å². The molecule has 1 unspecified atom stereocenters. The number of nitrogens with one attached hydrogen (secondary N) is 1. The molecule has 1 N–H and O–H groups in total. The van der Waals surface area contributed by atoms with Gasteiger partial charge in [0.25, 0.3) is 5.91 Å². The van der Waals surface area contributed by atoms with Crippen LogP contribution in [0.25, 0.3) is 11.4 Å². The zero-order chi connectivity index (χ0) is 20.4. The molecule has 2 aromatic heterocycles. The number of ether oxygens (including phenoxy) is 1. The molecule has 1 amide bonds. The maximum absolute atomic E-state index is 14.4. The molecular weight excluding hydrogens is 380 g/mol. The Balaban J connectivity index is 1.49. The van der Waals surface area contributed by atoms with Gasteiger partial charge in [0.2, 0.25) is 0 Å². The average molecular weight is 399 g/mol. The van der Waals surface area contributed by atoms with Gasteiger partial charge in [-0.25, -0.2) is 8.78 Å². The molecule has 150 valence electrons. The van der Waals surface area contributed by atoms with E-state index < -0.39 is 23.3 Å². The van der Waals surface area contributed by atoms with Crippen LogP contribution in [0.3, 0.4) is 0 Å². The summed E-state index contributed by atoms with van der Waals surface area (Å²) < 4.78 is 34.7. The van der Waals surface area contributed by atoms with E-state index in [4.69, 9.17) is 4.74 Å². The van der Waals surface area contributed by atoms with Crippen molar-refractivity contribution in [3.05, 3.63) is 59.7 Å². The molecule has 0 aliphatic carbocycles. The molecule has 0 saturated carbocycles. The lowest BCUT2D eigenvalue weighted by Gasteiger charge is -2.17. The third-order valence-electron chi connectivity index (χ3n) is 5.02. The first-order valence-electron chi connectivity index (χ1n) is 9.23. The van der Waals surface area contributed by atoms with Gasteiger partial charge >= 0.3 is 0 Å². The van der Waals surface area contributed by atoms with E-state index in [0.717, 1.165) is 36.5 Å². The second kappa shape index (κ2) is 7.94. The van der Waals surface area contributed by atoms with Crippen LogP contribution in [0.4, 0.5) is 8.78 Å². The van der Waals surface area contributed by atoms with Gasteiger partial charge in [0, 0.05) is 37.0 Å². The summed E-state index contributed by atoms with van der Waals surface area (Å²) >= 11 is 0. The Bertz CT molecular complexity index is 1040. The van der Waals surface area contributed by atoms with E-state index >= 15 is 0 Å². The molecule has 1 atom stereocenters. The highest BCUT2D eigenvalue weighted by Gasteiger charge is 2.25. The number of halogens is 2. The van der Waals surface area contributed by atoms with Gasteiger partial charge in [0.15, 0.2) is 23.2 Å². The summed E-state index contributed by atoms with van der Waals surface area (Å²) in [6.45, 7) is 0.611. The van der Waals surface area contributed by atoms with Crippen LogP contribution in [0.2, 0.25) is 0 Å². The molecule has 0 fully saturated rings. The van der Waals surface area contributed by atoms with Crippen molar-refractivity contribution in [2.75, 3.05) is 7.11 Å². The SMILES string of the molecule is COc1c(F)ccc(C(=O)NC2CCc3nnc(-c4ccncc4)n3CC2)c1F. The van der Waals surface area contributed by atoms with Crippen molar-refractivity contribution in [2.45, 2.75) is 31.8 Å². The van der Waals surface area contributed by atoms with Crippen LogP contribution in [0, 0.1) is 11.6 Å². The Hall–Kier alpha value is -3.36. The summed E-state index contributed by atoms with van der Waals surface area (Å²) in [6, 6.07) is 5.70. The van der Waals surface area contributed by atoms with E-state index in [-0.39, 0.29) is 11.6 Å². The Labute approximate surface area is 165 Å². The van der Waals surface area contributed by atoms with Crippen LogP contribution in [-0.4, -0.2) is 38.8 Å². The van der Waals surface area contributed by atoms with E-state index in [1.807, 2.05) is 16.7 Å². The minimum atomic E-state index is -1.00. The highest BCUT2D eigenvalue weighted by molar-refractivity contribution is 5.95. The minimum Gasteiger partial charge on any atom is -0.491 e. The van der Waals surface area contributed by atoms with Gasteiger partial charge < -0.3 is 14.6 Å². The highest BCUT2D eigenvalue weighted by atomic mass is 19.1. The lowest BCUT2D eigenvalue weighted by Crippen LogP contribution is -2.35.